The molecule has 0 spiro atoms. The Morgan fingerprint density at radius 1 is 1.31 bits per heavy atom. The molecule has 0 heterocycles. The number of rotatable bonds is 3. The summed E-state index contributed by atoms with van der Waals surface area (Å²) in [6, 6.07) is 9.10. The van der Waals surface area contributed by atoms with Crippen LogP contribution in [0, 0.1) is 11.3 Å². The van der Waals surface area contributed by atoms with Gasteiger partial charge in [0.05, 0.1) is 6.07 Å². The molecule has 0 fully saturated rings. The summed E-state index contributed by atoms with van der Waals surface area (Å²) >= 11 is 0. The number of anilines is 1. The molecule has 16 heavy (non-hydrogen) atoms. The lowest BCUT2D eigenvalue weighted by atomic mass is 10.2. The summed E-state index contributed by atoms with van der Waals surface area (Å²) in [5.74, 6) is 0. The second-order valence-electron chi connectivity index (χ2n) is 3.38. The third-order valence-electron chi connectivity index (χ3n) is 2.09. The monoisotopic (exact) mass is 228 g/mol. The molecule has 2 nitrogen and oxygen atoms in total. The first-order valence-corrected chi connectivity index (χ1v) is 4.72. The summed E-state index contributed by atoms with van der Waals surface area (Å²) in [4.78, 5) is 1.03. The molecule has 0 N–H and O–H groups in total. The van der Waals surface area contributed by atoms with Crippen LogP contribution in [-0.2, 0) is 0 Å². The van der Waals surface area contributed by atoms with Crippen molar-refractivity contribution in [1.29, 1.82) is 5.26 Å². The van der Waals surface area contributed by atoms with Crippen molar-refractivity contribution in [3.05, 3.63) is 30.3 Å². The van der Waals surface area contributed by atoms with Gasteiger partial charge in [-0.3, -0.25) is 0 Å². The van der Waals surface area contributed by atoms with Crippen LogP contribution in [0.3, 0.4) is 0 Å². The van der Waals surface area contributed by atoms with E-state index >= 15 is 0 Å². The van der Waals surface area contributed by atoms with Gasteiger partial charge in [0.1, 0.15) is 12.6 Å². The fourth-order valence-electron chi connectivity index (χ4n) is 1.33. The van der Waals surface area contributed by atoms with Gasteiger partial charge < -0.3 is 4.90 Å². The third-order valence-corrected chi connectivity index (χ3v) is 2.09. The van der Waals surface area contributed by atoms with E-state index in [0.29, 0.717) is 5.69 Å². The van der Waals surface area contributed by atoms with Crippen molar-refractivity contribution < 1.29 is 13.2 Å². The van der Waals surface area contributed by atoms with Crippen molar-refractivity contribution in [2.75, 3.05) is 11.4 Å². The van der Waals surface area contributed by atoms with Gasteiger partial charge >= 0.3 is 6.18 Å². The Labute approximate surface area is 91.9 Å². The third kappa shape index (κ3) is 3.46. The van der Waals surface area contributed by atoms with Gasteiger partial charge in [0.15, 0.2) is 0 Å². The van der Waals surface area contributed by atoms with Crippen LogP contribution in [0.25, 0.3) is 0 Å². The van der Waals surface area contributed by atoms with Crippen molar-refractivity contribution >= 4 is 5.69 Å². The average Bonchev–Trinajstić information content (AvgIpc) is 2.25. The Morgan fingerprint density at radius 3 is 2.31 bits per heavy atom. The smallest absolute Gasteiger partial charge is 0.347 e. The summed E-state index contributed by atoms with van der Waals surface area (Å²) in [6.07, 6.45) is -4.32. The first kappa shape index (κ1) is 12.4. The molecular formula is C11H11F3N2. The van der Waals surface area contributed by atoms with Crippen molar-refractivity contribution in [3.8, 4) is 6.07 Å². The minimum absolute atomic E-state index is 0.397. The Morgan fingerprint density at radius 2 is 1.88 bits per heavy atom. The standard InChI is InChI=1S/C11H11F3N2/c1-9(7-15)16(8-11(12,13)14)10-5-3-2-4-6-10/h2-6,9H,8H2,1H3. The number of para-hydroxylation sites is 1. The molecule has 0 aliphatic carbocycles. The minimum atomic E-state index is -4.32. The molecule has 0 aliphatic heterocycles. The quantitative estimate of drug-likeness (QED) is 0.795. The van der Waals surface area contributed by atoms with E-state index in [9.17, 15) is 13.2 Å². The van der Waals surface area contributed by atoms with Crippen LogP contribution in [0.1, 0.15) is 6.92 Å². The molecule has 1 aromatic carbocycles. The Balaban J connectivity index is 2.94. The van der Waals surface area contributed by atoms with E-state index < -0.39 is 18.8 Å². The summed E-state index contributed by atoms with van der Waals surface area (Å²) < 4.78 is 37.0. The number of hydrogen-bond donors (Lipinski definition) is 0. The van der Waals surface area contributed by atoms with Crippen LogP contribution in [0.2, 0.25) is 0 Å². The average molecular weight is 228 g/mol. The van der Waals surface area contributed by atoms with Gasteiger partial charge in [-0.1, -0.05) is 18.2 Å². The number of nitriles is 1. The topological polar surface area (TPSA) is 27.0 Å². The number of halogens is 3. The van der Waals surface area contributed by atoms with Crippen LogP contribution in [-0.4, -0.2) is 18.8 Å². The second-order valence-corrected chi connectivity index (χ2v) is 3.38. The highest BCUT2D eigenvalue weighted by atomic mass is 19.4. The van der Waals surface area contributed by atoms with E-state index in [1.165, 1.54) is 6.92 Å². The van der Waals surface area contributed by atoms with Crippen LogP contribution in [0.5, 0.6) is 0 Å². The maximum absolute atomic E-state index is 12.3. The zero-order valence-corrected chi connectivity index (χ0v) is 8.70. The lowest BCUT2D eigenvalue weighted by molar-refractivity contribution is -0.120. The van der Waals surface area contributed by atoms with Crippen LogP contribution < -0.4 is 4.90 Å². The SMILES string of the molecule is CC(C#N)N(CC(F)(F)F)c1ccccc1. The Hall–Kier alpha value is -1.70. The van der Waals surface area contributed by atoms with Crippen molar-refractivity contribution in [2.45, 2.75) is 19.1 Å². The summed E-state index contributed by atoms with van der Waals surface area (Å²) in [7, 11) is 0. The van der Waals surface area contributed by atoms with E-state index in [2.05, 4.69) is 0 Å². The zero-order chi connectivity index (χ0) is 12.2. The van der Waals surface area contributed by atoms with E-state index in [1.807, 2.05) is 6.07 Å². The van der Waals surface area contributed by atoms with E-state index in [-0.39, 0.29) is 0 Å². The molecule has 0 aliphatic rings. The molecule has 0 saturated carbocycles. The zero-order valence-electron chi connectivity index (χ0n) is 8.70. The number of hydrogen-bond acceptors (Lipinski definition) is 2. The van der Waals surface area contributed by atoms with Crippen LogP contribution in [0.15, 0.2) is 30.3 Å². The molecule has 1 atom stereocenters. The molecule has 86 valence electrons. The van der Waals surface area contributed by atoms with Crippen molar-refractivity contribution in [1.82, 2.24) is 0 Å². The summed E-state index contributed by atoms with van der Waals surface area (Å²) in [5.41, 5.74) is 0.397. The maximum Gasteiger partial charge on any atom is 0.405 e. The maximum atomic E-state index is 12.3. The summed E-state index contributed by atoms with van der Waals surface area (Å²) in [6.45, 7) is 0.324. The van der Waals surface area contributed by atoms with Gasteiger partial charge in [-0.2, -0.15) is 18.4 Å². The lowest BCUT2D eigenvalue weighted by Gasteiger charge is -2.27. The molecule has 0 aromatic heterocycles. The highest BCUT2D eigenvalue weighted by Crippen LogP contribution is 2.23. The first-order valence-electron chi connectivity index (χ1n) is 4.72. The largest absolute Gasteiger partial charge is 0.405 e. The van der Waals surface area contributed by atoms with Gasteiger partial charge in [-0.05, 0) is 19.1 Å². The highest BCUT2D eigenvalue weighted by Gasteiger charge is 2.32. The predicted octanol–water partition coefficient (Wildman–Crippen LogP) is 2.97. The fraction of sp³-hybridized carbons (Fsp3) is 0.364. The van der Waals surface area contributed by atoms with Crippen LogP contribution >= 0.6 is 0 Å². The summed E-state index contributed by atoms with van der Waals surface area (Å²) in [5, 5.41) is 8.70. The normalized spacial score (nSPS) is 12.9. The number of benzene rings is 1. The van der Waals surface area contributed by atoms with Crippen molar-refractivity contribution in [2.24, 2.45) is 0 Å². The molecule has 1 aromatic rings. The van der Waals surface area contributed by atoms with E-state index in [4.69, 9.17) is 5.26 Å². The van der Waals surface area contributed by atoms with E-state index in [1.54, 1.807) is 30.3 Å². The predicted molar refractivity (Wildman–Crippen MR) is 54.9 cm³/mol. The number of nitrogens with zero attached hydrogens (tertiary/aromatic N) is 2. The molecule has 1 rings (SSSR count). The van der Waals surface area contributed by atoms with Gasteiger partial charge in [0, 0.05) is 5.69 Å². The molecule has 0 bridgehead atoms. The fourth-order valence-corrected chi connectivity index (χ4v) is 1.33. The first-order chi connectivity index (χ1) is 7.44. The second kappa shape index (κ2) is 4.88. The Bertz CT molecular complexity index is 367. The van der Waals surface area contributed by atoms with Crippen molar-refractivity contribution in [3.63, 3.8) is 0 Å². The lowest BCUT2D eigenvalue weighted by Crippen LogP contribution is -2.39. The molecule has 0 amide bonds. The molecular weight excluding hydrogens is 217 g/mol. The molecule has 0 radical (unpaired) electrons. The minimum Gasteiger partial charge on any atom is -0.347 e. The molecule has 0 saturated heterocycles. The van der Waals surface area contributed by atoms with Gasteiger partial charge in [-0.15, -0.1) is 0 Å². The molecule has 1 unspecified atom stereocenters. The van der Waals surface area contributed by atoms with Crippen LogP contribution in [0.4, 0.5) is 18.9 Å². The van der Waals surface area contributed by atoms with Gasteiger partial charge in [-0.25, -0.2) is 0 Å². The highest BCUT2D eigenvalue weighted by molar-refractivity contribution is 5.48. The number of alkyl halides is 3. The van der Waals surface area contributed by atoms with Gasteiger partial charge in [0.2, 0.25) is 0 Å². The molecule has 5 heteroatoms. The van der Waals surface area contributed by atoms with Gasteiger partial charge in [0.25, 0.3) is 0 Å². The Kier molecular flexibility index (Phi) is 3.78. The van der Waals surface area contributed by atoms with E-state index in [0.717, 1.165) is 4.90 Å².